The van der Waals surface area contributed by atoms with Crippen LogP contribution >= 0.6 is 0 Å². The highest BCUT2D eigenvalue weighted by Crippen LogP contribution is 2.22. The molecule has 2 aromatic rings. The van der Waals surface area contributed by atoms with E-state index >= 15 is 0 Å². The van der Waals surface area contributed by atoms with Crippen LogP contribution in [-0.2, 0) is 14.3 Å². The van der Waals surface area contributed by atoms with Crippen molar-refractivity contribution in [2.24, 2.45) is 0 Å². The largest absolute Gasteiger partial charge is 0.481 e. The van der Waals surface area contributed by atoms with Gasteiger partial charge in [-0.1, -0.05) is 18.2 Å². The minimum absolute atomic E-state index is 0.428. The van der Waals surface area contributed by atoms with Crippen molar-refractivity contribution in [1.82, 2.24) is 0 Å². The van der Waals surface area contributed by atoms with E-state index in [-0.39, 0.29) is 0 Å². The number of benzene rings is 2. The monoisotopic (exact) mass is 381 g/mol. The Morgan fingerprint density at radius 3 is 2.30 bits per heavy atom. The topological polar surface area (TPSA) is 64.6 Å². The molecular formula is C19H18F3NO4. The lowest BCUT2D eigenvalue weighted by atomic mass is 10.1. The lowest BCUT2D eigenvalue weighted by Crippen LogP contribution is -2.32. The van der Waals surface area contributed by atoms with Crippen molar-refractivity contribution < 1.29 is 32.2 Å². The summed E-state index contributed by atoms with van der Waals surface area (Å²) >= 11 is 0. The highest BCUT2D eigenvalue weighted by molar-refractivity contribution is 5.95. The highest BCUT2D eigenvalue weighted by atomic mass is 19.2. The van der Waals surface area contributed by atoms with Crippen molar-refractivity contribution >= 4 is 17.6 Å². The quantitative estimate of drug-likeness (QED) is 0.613. The minimum Gasteiger partial charge on any atom is -0.481 e. The van der Waals surface area contributed by atoms with E-state index in [4.69, 9.17) is 9.47 Å². The van der Waals surface area contributed by atoms with E-state index in [0.29, 0.717) is 11.8 Å². The number of aryl methyl sites for hydroxylation is 2. The normalized spacial score (nSPS) is 11.6. The van der Waals surface area contributed by atoms with Crippen LogP contribution in [0.1, 0.15) is 18.1 Å². The molecule has 1 atom stereocenters. The predicted octanol–water partition coefficient (Wildman–Crippen LogP) is 3.67. The van der Waals surface area contributed by atoms with Gasteiger partial charge in [0.25, 0.3) is 5.91 Å². The van der Waals surface area contributed by atoms with Crippen LogP contribution in [0.5, 0.6) is 5.75 Å². The second-order valence-electron chi connectivity index (χ2n) is 5.85. The molecule has 144 valence electrons. The molecule has 0 radical (unpaired) electrons. The molecule has 0 saturated carbocycles. The van der Waals surface area contributed by atoms with Crippen LogP contribution in [0, 0.1) is 31.3 Å². The summed E-state index contributed by atoms with van der Waals surface area (Å²) in [5, 5.41) is 2.04. The summed E-state index contributed by atoms with van der Waals surface area (Å²) in [5.41, 5.74) is 1.11. The van der Waals surface area contributed by atoms with E-state index < -0.39 is 47.7 Å². The van der Waals surface area contributed by atoms with E-state index in [1.807, 2.05) is 37.4 Å². The molecule has 0 spiro atoms. The molecular weight excluding hydrogens is 363 g/mol. The van der Waals surface area contributed by atoms with Crippen LogP contribution in [-0.4, -0.2) is 24.6 Å². The Morgan fingerprint density at radius 2 is 1.67 bits per heavy atom. The van der Waals surface area contributed by atoms with Crippen LogP contribution in [0.4, 0.5) is 18.9 Å². The lowest BCUT2D eigenvalue weighted by molar-refractivity contribution is -0.155. The van der Waals surface area contributed by atoms with Gasteiger partial charge in [-0.05, 0) is 44.0 Å². The fourth-order valence-corrected chi connectivity index (χ4v) is 2.30. The average molecular weight is 381 g/mol. The van der Waals surface area contributed by atoms with Gasteiger partial charge in [0, 0.05) is 0 Å². The fourth-order valence-electron chi connectivity index (χ4n) is 2.30. The molecule has 0 fully saturated rings. The third kappa shape index (κ3) is 4.99. The Labute approximate surface area is 154 Å². The molecule has 27 heavy (non-hydrogen) atoms. The van der Waals surface area contributed by atoms with Gasteiger partial charge in [0.05, 0.1) is 5.69 Å². The number of amides is 1. The average Bonchev–Trinajstić information content (AvgIpc) is 2.61. The van der Waals surface area contributed by atoms with Gasteiger partial charge >= 0.3 is 5.97 Å². The van der Waals surface area contributed by atoms with Crippen LogP contribution in [0.3, 0.4) is 0 Å². The molecule has 1 unspecified atom stereocenters. The van der Waals surface area contributed by atoms with Gasteiger partial charge in [-0.3, -0.25) is 4.79 Å². The van der Waals surface area contributed by atoms with Crippen molar-refractivity contribution in [3.05, 3.63) is 58.9 Å². The maximum Gasteiger partial charge on any atom is 0.344 e. The van der Waals surface area contributed by atoms with E-state index in [0.717, 1.165) is 17.2 Å². The van der Waals surface area contributed by atoms with E-state index in [1.165, 1.54) is 6.92 Å². The predicted molar refractivity (Wildman–Crippen MR) is 91.9 cm³/mol. The molecule has 1 amide bonds. The number of esters is 1. The zero-order chi connectivity index (χ0) is 20.1. The van der Waals surface area contributed by atoms with Crippen molar-refractivity contribution in [2.75, 3.05) is 11.9 Å². The Bertz CT molecular complexity index is 850. The van der Waals surface area contributed by atoms with Gasteiger partial charge in [0.2, 0.25) is 0 Å². The summed E-state index contributed by atoms with van der Waals surface area (Å²) in [6, 6.07) is 7.02. The Balaban J connectivity index is 1.92. The molecule has 8 heteroatoms. The summed E-state index contributed by atoms with van der Waals surface area (Å²) in [4.78, 5) is 23.8. The van der Waals surface area contributed by atoms with Crippen molar-refractivity contribution in [3.8, 4) is 5.75 Å². The third-order valence-corrected chi connectivity index (χ3v) is 3.71. The van der Waals surface area contributed by atoms with Crippen molar-refractivity contribution in [2.45, 2.75) is 26.9 Å². The summed E-state index contributed by atoms with van der Waals surface area (Å²) in [5.74, 6) is -5.81. The molecule has 0 bridgehead atoms. The first-order valence-corrected chi connectivity index (χ1v) is 8.03. The number of ether oxygens (including phenoxy) is 2. The number of para-hydroxylation sites is 1. The number of carbonyl (C=O) groups excluding carboxylic acids is 2. The van der Waals surface area contributed by atoms with Crippen LogP contribution < -0.4 is 10.1 Å². The van der Waals surface area contributed by atoms with E-state index in [9.17, 15) is 22.8 Å². The molecule has 0 heterocycles. The first-order valence-electron chi connectivity index (χ1n) is 8.03. The summed E-state index contributed by atoms with van der Waals surface area (Å²) in [6.07, 6.45) is -1.30. The summed E-state index contributed by atoms with van der Waals surface area (Å²) < 4.78 is 50.0. The number of halogens is 3. The second kappa shape index (κ2) is 8.57. The summed E-state index contributed by atoms with van der Waals surface area (Å²) in [7, 11) is 0. The fraction of sp³-hybridized carbons (Fsp3) is 0.263. The Morgan fingerprint density at radius 1 is 1.04 bits per heavy atom. The molecule has 1 N–H and O–H groups in total. The number of hydrogen-bond donors (Lipinski definition) is 1. The van der Waals surface area contributed by atoms with E-state index in [2.05, 4.69) is 0 Å². The zero-order valence-electron chi connectivity index (χ0n) is 14.9. The first-order chi connectivity index (χ1) is 12.7. The molecule has 2 rings (SSSR count). The molecule has 5 nitrogen and oxygen atoms in total. The van der Waals surface area contributed by atoms with Crippen molar-refractivity contribution in [1.29, 1.82) is 0 Å². The van der Waals surface area contributed by atoms with Gasteiger partial charge in [0.15, 0.2) is 30.2 Å². The molecule has 0 saturated heterocycles. The third-order valence-electron chi connectivity index (χ3n) is 3.71. The number of nitrogens with one attached hydrogen (secondary N) is 1. The van der Waals surface area contributed by atoms with Crippen LogP contribution in [0.15, 0.2) is 30.3 Å². The highest BCUT2D eigenvalue weighted by Gasteiger charge is 2.21. The Kier molecular flexibility index (Phi) is 6.44. The maximum absolute atomic E-state index is 13.6. The smallest absolute Gasteiger partial charge is 0.344 e. The van der Waals surface area contributed by atoms with Crippen molar-refractivity contribution in [3.63, 3.8) is 0 Å². The van der Waals surface area contributed by atoms with Gasteiger partial charge < -0.3 is 14.8 Å². The SMILES string of the molecule is Cc1cccc(C)c1OCC(=O)OC(C)C(=O)Nc1ccc(F)c(F)c1F. The molecule has 0 aliphatic heterocycles. The van der Waals surface area contributed by atoms with Gasteiger partial charge in [-0.15, -0.1) is 0 Å². The molecule has 0 aliphatic carbocycles. The number of anilines is 1. The lowest BCUT2D eigenvalue weighted by Gasteiger charge is -2.15. The number of carbonyl (C=O) groups is 2. The molecule has 0 aliphatic rings. The van der Waals surface area contributed by atoms with Gasteiger partial charge in [-0.2, -0.15) is 0 Å². The maximum atomic E-state index is 13.6. The number of hydrogen-bond acceptors (Lipinski definition) is 4. The standard InChI is InChI=1S/C19H18F3NO4/c1-10-5-4-6-11(2)18(10)26-9-15(24)27-12(3)19(25)23-14-8-7-13(20)16(21)17(14)22/h4-8,12H,9H2,1-3H3,(H,23,25). The Hall–Kier alpha value is -3.03. The van der Waals surface area contributed by atoms with Gasteiger partial charge in [-0.25, -0.2) is 18.0 Å². The summed E-state index contributed by atoms with van der Waals surface area (Å²) in [6.45, 7) is 4.47. The zero-order valence-corrected chi connectivity index (χ0v) is 14.9. The minimum atomic E-state index is -1.71. The molecule has 2 aromatic carbocycles. The first kappa shape index (κ1) is 20.3. The van der Waals surface area contributed by atoms with Gasteiger partial charge in [0.1, 0.15) is 5.75 Å². The van der Waals surface area contributed by atoms with Crippen LogP contribution in [0.25, 0.3) is 0 Å². The second-order valence-corrected chi connectivity index (χ2v) is 5.85. The van der Waals surface area contributed by atoms with Crippen LogP contribution in [0.2, 0.25) is 0 Å². The van der Waals surface area contributed by atoms with E-state index in [1.54, 1.807) is 0 Å². The number of rotatable bonds is 6. The molecule has 0 aromatic heterocycles.